The van der Waals surface area contributed by atoms with Crippen LogP contribution in [0.2, 0.25) is 16.6 Å². The standard InChI is InChI=1S/C17H32Si/c1-14(2)18(15(3)4,16(5)6)13-12-17-10-8-7-9-11-17/h14-17H,7-11H2,1-6H3. The van der Waals surface area contributed by atoms with Gasteiger partial charge in [0.05, 0.1) is 0 Å². The van der Waals surface area contributed by atoms with Crippen molar-refractivity contribution in [1.82, 2.24) is 0 Å². The summed E-state index contributed by atoms with van der Waals surface area (Å²) in [5.74, 6) is 4.43. The van der Waals surface area contributed by atoms with Gasteiger partial charge in [0.25, 0.3) is 0 Å². The van der Waals surface area contributed by atoms with Crippen molar-refractivity contribution >= 4 is 8.07 Å². The fourth-order valence-corrected chi connectivity index (χ4v) is 9.23. The Labute approximate surface area is 116 Å². The van der Waals surface area contributed by atoms with Crippen molar-refractivity contribution in [1.29, 1.82) is 0 Å². The van der Waals surface area contributed by atoms with E-state index < -0.39 is 8.07 Å². The summed E-state index contributed by atoms with van der Waals surface area (Å²) in [5.41, 5.74) is 6.21. The van der Waals surface area contributed by atoms with Crippen LogP contribution in [0.25, 0.3) is 0 Å². The molecule has 0 radical (unpaired) electrons. The van der Waals surface area contributed by atoms with Crippen molar-refractivity contribution in [3.05, 3.63) is 0 Å². The molecule has 0 saturated heterocycles. The van der Waals surface area contributed by atoms with Crippen LogP contribution in [-0.2, 0) is 0 Å². The summed E-state index contributed by atoms with van der Waals surface area (Å²) in [5, 5.41) is 0. The van der Waals surface area contributed by atoms with Gasteiger partial charge in [-0.25, -0.2) is 0 Å². The van der Waals surface area contributed by atoms with Crippen LogP contribution in [0.1, 0.15) is 73.6 Å². The van der Waals surface area contributed by atoms with Crippen LogP contribution >= 0.6 is 0 Å². The largest absolute Gasteiger partial charge is 0.145 e. The summed E-state index contributed by atoms with van der Waals surface area (Å²) in [6.07, 6.45) is 6.94. The van der Waals surface area contributed by atoms with Gasteiger partial charge in [-0.2, -0.15) is 0 Å². The van der Waals surface area contributed by atoms with E-state index in [1.165, 1.54) is 32.1 Å². The molecule has 0 aromatic carbocycles. The molecule has 0 unspecified atom stereocenters. The molecule has 0 bridgehead atoms. The van der Waals surface area contributed by atoms with Gasteiger partial charge in [-0.05, 0) is 29.5 Å². The summed E-state index contributed by atoms with van der Waals surface area (Å²) in [4.78, 5) is 0. The van der Waals surface area contributed by atoms with Gasteiger partial charge in [-0.1, -0.05) is 60.8 Å². The van der Waals surface area contributed by atoms with Gasteiger partial charge in [0.1, 0.15) is 8.07 Å². The molecule has 1 fully saturated rings. The highest BCUT2D eigenvalue weighted by Gasteiger charge is 2.41. The van der Waals surface area contributed by atoms with E-state index in [0.717, 1.165) is 16.6 Å². The highest BCUT2D eigenvalue weighted by atomic mass is 28.3. The van der Waals surface area contributed by atoms with E-state index in [4.69, 9.17) is 0 Å². The highest BCUT2D eigenvalue weighted by molar-refractivity contribution is 6.90. The summed E-state index contributed by atoms with van der Waals surface area (Å²) in [6, 6.07) is 0. The van der Waals surface area contributed by atoms with Crippen LogP contribution in [0.15, 0.2) is 0 Å². The minimum Gasteiger partial charge on any atom is -0.130 e. The lowest BCUT2D eigenvalue weighted by Gasteiger charge is -2.38. The summed E-state index contributed by atoms with van der Waals surface area (Å²) in [6.45, 7) is 14.4. The van der Waals surface area contributed by atoms with Crippen molar-refractivity contribution in [2.24, 2.45) is 5.92 Å². The molecule has 1 heteroatoms. The summed E-state index contributed by atoms with van der Waals surface area (Å²) < 4.78 is 0. The molecule has 0 aromatic rings. The van der Waals surface area contributed by atoms with Crippen molar-refractivity contribution in [3.63, 3.8) is 0 Å². The van der Waals surface area contributed by atoms with E-state index in [0.29, 0.717) is 5.92 Å². The van der Waals surface area contributed by atoms with Gasteiger partial charge in [-0.3, -0.25) is 0 Å². The van der Waals surface area contributed by atoms with Crippen molar-refractivity contribution < 1.29 is 0 Å². The van der Waals surface area contributed by atoms with Gasteiger partial charge in [-0.15, -0.1) is 11.5 Å². The Hall–Kier alpha value is -0.223. The normalized spacial score (nSPS) is 18.3. The van der Waals surface area contributed by atoms with E-state index in [1.807, 2.05) is 0 Å². The Kier molecular flexibility index (Phi) is 5.98. The van der Waals surface area contributed by atoms with E-state index in [9.17, 15) is 0 Å². The molecule has 1 aliphatic carbocycles. The Morgan fingerprint density at radius 3 is 1.61 bits per heavy atom. The predicted octanol–water partition coefficient (Wildman–Crippen LogP) is 5.79. The number of hydrogen-bond donors (Lipinski definition) is 0. The first-order chi connectivity index (χ1) is 8.41. The molecule has 0 heterocycles. The Bertz CT molecular complexity index is 276. The zero-order valence-electron chi connectivity index (χ0n) is 13.3. The molecule has 0 N–H and O–H groups in total. The van der Waals surface area contributed by atoms with E-state index in [1.54, 1.807) is 0 Å². The van der Waals surface area contributed by atoms with Crippen molar-refractivity contribution in [2.75, 3.05) is 0 Å². The maximum Gasteiger partial charge on any atom is 0.145 e. The lowest BCUT2D eigenvalue weighted by atomic mass is 9.90. The Morgan fingerprint density at radius 2 is 1.22 bits per heavy atom. The molecule has 104 valence electrons. The quantitative estimate of drug-likeness (QED) is 0.447. The van der Waals surface area contributed by atoms with Crippen LogP contribution in [0.5, 0.6) is 0 Å². The molecule has 0 spiro atoms. The second-order valence-electron chi connectivity index (χ2n) is 7.00. The molecule has 1 aliphatic rings. The lowest BCUT2D eigenvalue weighted by Crippen LogP contribution is -2.43. The minimum absolute atomic E-state index is 0.710. The second kappa shape index (κ2) is 6.80. The molecule has 0 nitrogen and oxygen atoms in total. The molecule has 0 aliphatic heterocycles. The first-order valence-electron chi connectivity index (χ1n) is 7.94. The molecule has 0 aromatic heterocycles. The van der Waals surface area contributed by atoms with E-state index in [-0.39, 0.29) is 0 Å². The number of rotatable bonds is 3. The fourth-order valence-electron chi connectivity index (χ4n) is 3.91. The van der Waals surface area contributed by atoms with Crippen LogP contribution in [0, 0.1) is 17.4 Å². The maximum atomic E-state index is 3.89. The topological polar surface area (TPSA) is 0 Å². The van der Waals surface area contributed by atoms with Gasteiger partial charge < -0.3 is 0 Å². The Morgan fingerprint density at radius 1 is 0.778 bits per heavy atom. The molecule has 1 saturated carbocycles. The van der Waals surface area contributed by atoms with Crippen LogP contribution < -0.4 is 0 Å². The van der Waals surface area contributed by atoms with Gasteiger partial charge in [0, 0.05) is 5.92 Å². The minimum atomic E-state index is -1.47. The molecule has 18 heavy (non-hydrogen) atoms. The highest BCUT2D eigenvalue weighted by Crippen LogP contribution is 2.41. The SMILES string of the molecule is CC(C)[Si](C#CC1CCCCC1)(C(C)C)C(C)C. The predicted molar refractivity (Wildman–Crippen MR) is 85.4 cm³/mol. The van der Waals surface area contributed by atoms with Gasteiger partial charge >= 0.3 is 0 Å². The lowest BCUT2D eigenvalue weighted by molar-refractivity contribution is 0.430. The smallest absolute Gasteiger partial charge is 0.130 e. The van der Waals surface area contributed by atoms with Crippen molar-refractivity contribution in [3.8, 4) is 11.5 Å². The van der Waals surface area contributed by atoms with Gasteiger partial charge in [0.2, 0.25) is 0 Å². The second-order valence-corrected chi connectivity index (χ2v) is 12.6. The third-order valence-electron chi connectivity index (χ3n) is 4.96. The van der Waals surface area contributed by atoms with E-state index in [2.05, 4.69) is 53.0 Å². The molecule has 0 amide bonds. The van der Waals surface area contributed by atoms with Crippen LogP contribution in [0.3, 0.4) is 0 Å². The summed E-state index contributed by atoms with van der Waals surface area (Å²) >= 11 is 0. The average molecular weight is 265 g/mol. The maximum absolute atomic E-state index is 3.89. The van der Waals surface area contributed by atoms with Crippen molar-refractivity contribution in [2.45, 2.75) is 90.3 Å². The van der Waals surface area contributed by atoms with Crippen LogP contribution in [0.4, 0.5) is 0 Å². The zero-order valence-corrected chi connectivity index (χ0v) is 14.3. The molecule has 1 rings (SSSR count). The van der Waals surface area contributed by atoms with E-state index >= 15 is 0 Å². The first-order valence-corrected chi connectivity index (χ1v) is 10.2. The van der Waals surface area contributed by atoms with Crippen LogP contribution in [-0.4, -0.2) is 8.07 Å². The monoisotopic (exact) mass is 264 g/mol. The molecular formula is C17H32Si. The Balaban J connectivity index is 2.93. The summed E-state index contributed by atoms with van der Waals surface area (Å²) in [7, 11) is -1.47. The average Bonchev–Trinajstić information content (AvgIpc) is 2.29. The third-order valence-corrected chi connectivity index (χ3v) is 11.3. The van der Waals surface area contributed by atoms with Gasteiger partial charge in [0.15, 0.2) is 0 Å². The first kappa shape index (κ1) is 15.8. The fraction of sp³-hybridized carbons (Fsp3) is 0.882. The third kappa shape index (κ3) is 3.41. The number of hydrogen-bond acceptors (Lipinski definition) is 0. The zero-order chi connectivity index (χ0) is 13.8. The molecular weight excluding hydrogens is 232 g/mol. The molecule has 0 atom stereocenters.